The molecule has 0 amide bonds. The standard InChI is InChI=1S/C19H29NO2/c1-7-11-20(12-8-2)14-17(21)16-13-15(19(3,4)5)9-10-18(16)22-6/h7-10,13,17,21H,1-2,11-12,14H2,3-6H3. The topological polar surface area (TPSA) is 32.7 Å². The number of aliphatic hydroxyl groups excluding tert-OH is 1. The number of methoxy groups -OCH3 is 1. The van der Waals surface area contributed by atoms with Gasteiger partial charge in [0.1, 0.15) is 5.75 Å². The first-order chi connectivity index (χ1) is 10.3. The van der Waals surface area contributed by atoms with E-state index in [0.717, 1.165) is 11.3 Å². The molecule has 1 unspecified atom stereocenters. The van der Waals surface area contributed by atoms with Gasteiger partial charge in [-0.1, -0.05) is 39.0 Å². The van der Waals surface area contributed by atoms with Crippen LogP contribution in [0, 0.1) is 0 Å². The van der Waals surface area contributed by atoms with Gasteiger partial charge in [-0.3, -0.25) is 4.90 Å². The lowest BCUT2D eigenvalue weighted by molar-refractivity contribution is 0.122. The van der Waals surface area contributed by atoms with Crippen LogP contribution in [0.15, 0.2) is 43.5 Å². The number of nitrogens with zero attached hydrogens (tertiary/aromatic N) is 1. The maximum atomic E-state index is 10.7. The van der Waals surface area contributed by atoms with E-state index in [4.69, 9.17) is 4.74 Å². The SMILES string of the molecule is C=CCN(CC=C)CC(O)c1cc(C(C)(C)C)ccc1OC. The Kier molecular flexibility index (Phi) is 6.85. The molecule has 0 bridgehead atoms. The van der Waals surface area contributed by atoms with Crippen molar-refractivity contribution in [2.45, 2.75) is 32.3 Å². The van der Waals surface area contributed by atoms with E-state index >= 15 is 0 Å². The van der Waals surface area contributed by atoms with Crippen molar-refractivity contribution in [2.75, 3.05) is 26.7 Å². The van der Waals surface area contributed by atoms with E-state index in [9.17, 15) is 5.11 Å². The second-order valence-corrected chi connectivity index (χ2v) is 6.52. The highest BCUT2D eigenvalue weighted by Crippen LogP contribution is 2.31. The number of ether oxygens (including phenoxy) is 1. The predicted octanol–water partition coefficient (Wildman–Crippen LogP) is 3.70. The van der Waals surface area contributed by atoms with Gasteiger partial charge in [0.25, 0.3) is 0 Å². The molecule has 1 aromatic carbocycles. The molecule has 1 aromatic rings. The zero-order valence-corrected chi connectivity index (χ0v) is 14.3. The fourth-order valence-electron chi connectivity index (χ4n) is 2.39. The summed E-state index contributed by atoms with van der Waals surface area (Å²) in [6.07, 6.45) is 3.05. The van der Waals surface area contributed by atoms with Crippen molar-refractivity contribution >= 4 is 0 Å². The number of benzene rings is 1. The molecule has 1 N–H and O–H groups in total. The second kappa shape index (κ2) is 8.16. The second-order valence-electron chi connectivity index (χ2n) is 6.52. The normalized spacial score (nSPS) is 13.0. The Hall–Kier alpha value is -1.58. The summed E-state index contributed by atoms with van der Waals surface area (Å²) in [5, 5.41) is 10.7. The van der Waals surface area contributed by atoms with E-state index < -0.39 is 6.10 Å². The summed E-state index contributed by atoms with van der Waals surface area (Å²) in [5.41, 5.74) is 2.04. The molecule has 0 aliphatic carbocycles. The third kappa shape index (κ3) is 5.00. The van der Waals surface area contributed by atoms with Crippen LogP contribution in [0.2, 0.25) is 0 Å². The van der Waals surface area contributed by atoms with E-state index in [1.807, 2.05) is 24.3 Å². The Morgan fingerprint density at radius 2 is 1.82 bits per heavy atom. The average molecular weight is 303 g/mol. The lowest BCUT2D eigenvalue weighted by atomic mass is 9.85. The lowest BCUT2D eigenvalue weighted by Gasteiger charge is -2.26. The summed E-state index contributed by atoms with van der Waals surface area (Å²) in [4.78, 5) is 2.09. The Balaban J connectivity index is 3.05. The van der Waals surface area contributed by atoms with Crippen LogP contribution in [0.3, 0.4) is 0 Å². The fourth-order valence-corrected chi connectivity index (χ4v) is 2.39. The molecule has 0 aliphatic heterocycles. The van der Waals surface area contributed by atoms with Crippen molar-refractivity contribution in [2.24, 2.45) is 0 Å². The highest BCUT2D eigenvalue weighted by Gasteiger charge is 2.20. The van der Waals surface area contributed by atoms with Gasteiger partial charge in [0.05, 0.1) is 13.2 Å². The first-order valence-corrected chi connectivity index (χ1v) is 7.64. The number of hydrogen-bond donors (Lipinski definition) is 1. The van der Waals surface area contributed by atoms with Gasteiger partial charge in [-0.05, 0) is 23.1 Å². The molecule has 0 saturated carbocycles. The fraction of sp³-hybridized carbons (Fsp3) is 0.474. The van der Waals surface area contributed by atoms with Crippen LogP contribution < -0.4 is 4.74 Å². The maximum absolute atomic E-state index is 10.7. The summed E-state index contributed by atoms with van der Waals surface area (Å²) < 4.78 is 5.42. The van der Waals surface area contributed by atoms with E-state index in [-0.39, 0.29) is 5.41 Å². The number of hydrogen-bond acceptors (Lipinski definition) is 3. The largest absolute Gasteiger partial charge is 0.496 e. The molecule has 122 valence electrons. The van der Waals surface area contributed by atoms with Crippen LogP contribution in [0.25, 0.3) is 0 Å². The molecule has 0 saturated heterocycles. The molecular formula is C19H29NO2. The monoisotopic (exact) mass is 303 g/mol. The van der Waals surface area contributed by atoms with Crippen molar-refractivity contribution in [3.8, 4) is 5.75 Å². The Morgan fingerprint density at radius 3 is 2.27 bits per heavy atom. The zero-order valence-electron chi connectivity index (χ0n) is 14.3. The molecule has 0 aromatic heterocycles. The smallest absolute Gasteiger partial charge is 0.124 e. The molecule has 22 heavy (non-hydrogen) atoms. The summed E-state index contributed by atoms with van der Waals surface area (Å²) in [6.45, 7) is 15.9. The molecule has 0 fully saturated rings. The Bertz CT molecular complexity index is 493. The minimum absolute atomic E-state index is 0.0304. The van der Waals surface area contributed by atoms with Crippen molar-refractivity contribution < 1.29 is 9.84 Å². The molecule has 1 atom stereocenters. The number of rotatable bonds is 8. The van der Waals surface area contributed by atoms with Crippen LogP contribution in [0.1, 0.15) is 38.0 Å². The van der Waals surface area contributed by atoms with E-state index in [2.05, 4.69) is 44.9 Å². The third-order valence-corrected chi connectivity index (χ3v) is 3.66. The van der Waals surface area contributed by atoms with Crippen molar-refractivity contribution in [3.05, 3.63) is 54.6 Å². The Morgan fingerprint density at radius 1 is 1.23 bits per heavy atom. The molecule has 0 radical (unpaired) electrons. The van der Waals surface area contributed by atoms with Gasteiger partial charge in [-0.2, -0.15) is 0 Å². The van der Waals surface area contributed by atoms with Crippen LogP contribution in [0.4, 0.5) is 0 Å². The van der Waals surface area contributed by atoms with Gasteiger partial charge in [-0.15, -0.1) is 13.2 Å². The van der Waals surface area contributed by atoms with Crippen LogP contribution in [-0.4, -0.2) is 36.8 Å². The summed E-state index contributed by atoms with van der Waals surface area (Å²) in [6, 6.07) is 6.04. The summed E-state index contributed by atoms with van der Waals surface area (Å²) >= 11 is 0. The van der Waals surface area contributed by atoms with Crippen molar-refractivity contribution in [1.29, 1.82) is 0 Å². The van der Waals surface area contributed by atoms with Gasteiger partial charge < -0.3 is 9.84 Å². The molecule has 1 rings (SSSR count). The molecular weight excluding hydrogens is 274 g/mol. The quantitative estimate of drug-likeness (QED) is 0.743. The Labute approximate surface area is 134 Å². The highest BCUT2D eigenvalue weighted by atomic mass is 16.5. The van der Waals surface area contributed by atoms with Crippen molar-refractivity contribution in [3.63, 3.8) is 0 Å². The zero-order chi connectivity index (χ0) is 16.8. The molecule has 3 nitrogen and oxygen atoms in total. The predicted molar refractivity (Wildman–Crippen MR) is 93.5 cm³/mol. The summed E-state index contributed by atoms with van der Waals surface area (Å²) in [7, 11) is 1.63. The summed E-state index contributed by atoms with van der Waals surface area (Å²) in [5.74, 6) is 0.720. The van der Waals surface area contributed by atoms with E-state index in [0.29, 0.717) is 19.6 Å². The first kappa shape index (κ1) is 18.5. The first-order valence-electron chi connectivity index (χ1n) is 7.64. The molecule has 0 spiro atoms. The molecule has 0 aliphatic rings. The van der Waals surface area contributed by atoms with E-state index in [1.165, 1.54) is 5.56 Å². The molecule has 0 heterocycles. The van der Waals surface area contributed by atoms with Gasteiger partial charge >= 0.3 is 0 Å². The number of aliphatic hydroxyl groups is 1. The average Bonchev–Trinajstić information content (AvgIpc) is 2.46. The maximum Gasteiger partial charge on any atom is 0.124 e. The van der Waals surface area contributed by atoms with Gasteiger partial charge in [-0.25, -0.2) is 0 Å². The van der Waals surface area contributed by atoms with Crippen LogP contribution in [0.5, 0.6) is 5.75 Å². The third-order valence-electron chi connectivity index (χ3n) is 3.66. The van der Waals surface area contributed by atoms with Crippen LogP contribution in [-0.2, 0) is 5.41 Å². The van der Waals surface area contributed by atoms with Gasteiger partial charge in [0.15, 0.2) is 0 Å². The van der Waals surface area contributed by atoms with Gasteiger partial charge in [0, 0.05) is 25.2 Å². The molecule has 3 heteroatoms. The minimum Gasteiger partial charge on any atom is -0.496 e. The minimum atomic E-state index is -0.614. The highest BCUT2D eigenvalue weighted by molar-refractivity contribution is 5.41. The van der Waals surface area contributed by atoms with Crippen molar-refractivity contribution in [1.82, 2.24) is 4.90 Å². The van der Waals surface area contributed by atoms with Crippen LogP contribution >= 0.6 is 0 Å². The lowest BCUT2D eigenvalue weighted by Crippen LogP contribution is -2.29. The van der Waals surface area contributed by atoms with Gasteiger partial charge in [0.2, 0.25) is 0 Å². The van der Waals surface area contributed by atoms with E-state index in [1.54, 1.807) is 7.11 Å².